The molecule has 1 aromatic heterocycles. The molecule has 0 amide bonds. The van der Waals surface area contributed by atoms with Gasteiger partial charge < -0.3 is 15.0 Å². The molecule has 0 bridgehead atoms. The molecular weight excluding hydrogens is 252 g/mol. The number of nitrogens with zero attached hydrogens (tertiary/aromatic N) is 1. The van der Waals surface area contributed by atoms with E-state index in [2.05, 4.69) is 19.0 Å². The minimum atomic E-state index is 0.285. The third-order valence-corrected chi connectivity index (χ3v) is 4.29. The number of methoxy groups -OCH3 is 1. The van der Waals surface area contributed by atoms with Gasteiger partial charge >= 0.3 is 0 Å². The van der Waals surface area contributed by atoms with Crippen molar-refractivity contribution in [1.29, 1.82) is 0 Å². The molecule has 106 valence electrons. The number of hydrogen-bond donors (Lipinski definition) is 1. The highest BCUT2D eigenvalue weighted by atomic mass is 16.5. The van der Waals surface area contributed by atoms with Crippen molar-refractivity contribution in [2.24, 2.45) is 5.41 Å². The van der Waals surface area contributed by atoms with Crippen LogP contribution in [0, 0.1) is 12.3 Å². The molecule has 4 heteroatoms. The molecule has 0 saturated heterocycles. The molecule has 20 heavy (non-hydrogen) atoms. The predicted octanol–water partition coefficient (Wildman–Crippen LogP) is 3.75. The van der Waals surface area contributed by atoms with Gasteiger partial charge in [0.25, 0.3) is 0 Å². The summed E-state index contributed by atoms with van der Waals surface area (Å²) in [5.74, 6) is 1.66. The minimum absolute atomic E-state index is 0.285. The molecule has 1 unspecified atom stereocenters. The molecule has 0 spiro atoms. The van der Waals surface area contributed by atoms with Gasteiger partial charge in [0.1, 0.15) is 5.75 Å². The van der Waals surface area contributed by atoms with Gasteiger partial charge in [-0.1, -0.05) is 31.1 Å². The van der Waals surface area contributed by atoms with E-state index in [0.29, 0.717) is 11.8 Å². The SMILES string of the molecule is COc1cc(-c2c(C3CC3(C)C)noc2N)ccc1C. The van der Waals surface area contributed by atoms with Crippen molar-refractivity contribution >= 4 is 5.88 Å². The average Bonchev–Trinajstić information content (AvgIpc) is 2.87. The first-order chi connectivity index (χ1) is 9.44. The summed E-state index contributed by atoms with van der Waals surface area (Å²) >= 11 is 0. The largest absolute Gasteiger partial charge is 0.496 e. The van der Waals surface area contributed by atoms with Crippen LogP contribution in [0.2, 0.25) is 0 Å². The number of hydrogen-bond acceptors (Lipinski definition) is 4. The van der Waals surface area contributed by atoms with Crippen LogP contribution in [0.1, 0.15) is 37.4 Å². The van der Waals surface area contributed by atoms with Crippen LogP contribution in [-0.4, -0.2) is 12.3 Å². The van der Waals surface area contributed by atoms with Gasteiger partial charge in [0.2, 0.25) is 5.88 Å². The molecule has 2 aromatic rings. The zero-order chi connectivity index (χ0) is 14.5. The molecule has 1 saturated carbocycles. The van der Waals surface area contributed by atoms with Gasteiger partial charge in [-0.05, 0) is 36.0 Å². The third kappa shape index (κ3) is 1.96. The third-order valence-electron chi connectivity index (χ3n) is 4.29. The number of anilines is 1. The highest BCUT2D eigenvalue weighted by Crippen LogP contribution is 2.60. The van der Waals surface area contributed by atoms with Gasteiger partial charge in [-0.25, -0.2) is 0 Å². The zero-order valence-electron chi connectivity index (χ0n) is 12.4. The van der Waals surface area contributed by atoms with Crippen molar-refractivity contribution in [3.8, 4) is 16.9 Å². The van der Waals surface area contributed by atoms with Gasteiger partial charge in [0, 0.05) is 5.92 Å². The fourth-order valence-corrected chi connectivity index (χ4v) is 2.75. The Morgan fingerprint density at radius 2 is 2.10 bits per heavy atom. The van der Waals surface area contributed by atoms with Gasteiger partial charge in [0.05, 0.1) is 18.4 Å². The summed E-state index contributed by atoms with van der Waals surface area (Å²) in [7, 11) is 1.67. The van der Waals surface area contributed by atoms with Crippen LogP contribution in [0.3, 0.4) is 0 Å². The number of aromatic nitrogens is 1. The van der Waals surface area contributed by atoms with Crippen LogP contribution < -0.4 is 10.5 Å². The van der Waals surface area contributed by atoms with Crippen molar-refractivity contribution < 1.29 is 9.26 Å². The van der Waals surface area contributed by atoms with E-state index in [1.807, 2.05) is 25.1 Å². The Bertz CT molecular complexity index is 658. The fourth-order valence-electron chi connectivity index (χ4n) is 2.75. The van der Waals surface area contributed by atoms with Crippen LogP contribution in [0.25, 0.3) is 11.1 Å². The van der Waals surface area contributed by atoms with E-state index >= 15 is 0 Å². The van der Waals surface area contributed by atoms with E-state index in [1.165, 1.54) is 0 Å². The summed E-state index contributed by atoms with van der Waals surface area (Å²) in [5, 5.41) is 4.19. The Kier molecular flexibility index (Phi) is 2.78. The van der Waals surface area contributed by atoms with Crippen molar-refractivity contribution in [1.82, 2.24) is 5.16 Å². The molecule has 1 fully saturated rings. The van der Waals surface area contributed by atoms with E-state index in [0.717, 1.165) is 34.6 Å². The van der Waals surface area contributed by atoms with E-state index < -0.39 is 0 Å². The lowest BCUT2D eigenvalue weighted by Gasteiger charge is -2.08. The van der Waals surface area contributed by atoms with Gasteiger partial charge in [0.15, 0.2) is 0 Å². The number of rotatable bonds is 3. The lowest BCUT2D eigenvalue weighted by Crippen LogP contribution is -1.95. The van der Waals surface area contributed by atoms with Crippen LogP contribution in [-0.2, 0) is 0 Å². The smallest absolute Gasteiger partial charge is 0.230 e. The molecule has 0 aliphatic heterocycles. The molecule has 2 N–H and O–H groups in total. The lowest BCUT2D eigenvalue weighted by molar-refractivity contribution is 0.412. The monoisotopic (exact) mass is 272 g/mol. The molecule has 1 aromatic carbocycles. The second-order valence-corrected chi connectivity index (χ2v) is 6.24. The molecule has 1 heterocycles. The Morgan fingerprint density at radius 1 is 1.40 bits per heavy atom. The van der Waals surface area contributed by atoms with Gasteiger partial charge in [-0.15, -0.1) is 0 Å². The standard InChI is InChI=1S/C16H20N2O2/c1-9-5-6-10(7-12(9)19-4)13-14(18-20-15(13)17)11-8-16(11,2)3/h5-7,11H,8,17H2,1-4H3. The van der Waals surface area contributed by atoms with Crippen molar-refractivity contribution in [3.63, 3.8) is 0 Å². The zero-order valence-corrected chi connectivity index (χ0v) is 12.4. The number of ether oxygens (including phenoxy) is 1. The van der Waals surface area contributed by atoms with Crippen LogP contribution in [0.15, 0.2) is 22.7 Å². The number of aryl methyl sites for hydroxylation is 1. The Balaban J connectivity index is 2.08. The van der Waals surface area contributed by atoms with Crippen molar-refractivity contribution in [3.05, 3.63) is 29.5 Å². The summed E-state index contributed by atoms with van der Waals surface area (Å²) in [6, 6.07) is 6.07. The van der Waals surface area contributed by atoms with Crippen LogP contribution >= 0.6 is 0 Å². The average molecular weight is 272 g/mol. The normalized spacial score (nSPS) is 19.9. The molecule has 0 radical (unpaired) electrons. The first kappa shape index (κ1) is 13.0. The number of nitrogen functional groups attached to an aromatic ring is 1. The first-order valence-electron chi connectivity index (χ1n) is 6.84. The summed E-state index contributed by atoms with van der Waals surface area (Å²) in [6.45, 7) is 6.49. The summed E-state index contributed by atoms with van der Waals surface area (Å²) in [5.41, 5.74) is 10.3. The Morgan fingerprint density at radius 3 is 2.70 bits per heavy atom. The number of nitrogens with two attached hydrogens (primary N) is 1. The van der Waals surface area contributed by atoms with Crippen molar-refractivity contribution in [2.75, 3.05) is 12.8 Å². The van der Waals surface area contributed by atoms with Crippen LogP contribution in [0.5, 0.6) is 5.75 Å². The highest BCUT2D eigenvalue weighted by Gasteiger charge is 2.49. The van der Waals surface area contributed by atoms with Crippen LogP contribution in [0.4, 0.5) is 5.88 Å². The lowest BCUT2D eigenvalue weighted by atomic mass is 9.98. The van der Waals surface area contributed by atoms with Crippen molar-refractivity contribution in [2.45, 2.75) is 33.1 Å². The molecular formula is C16H20N2O2. The van der Waals surface area contributed by atoms with Gasteiger partial charge in [-0.2, -0.15) is 0 Å². The van der Waals surface area contributed by atoms with E-state index in [-0.39, 0.29) is 5.41 Å². The summed E-state index contributed by atoms with van der Waals surface area (Å²) in [4.78, 5) is 0. The van der Waals surface area contributed by atoms with Gasteiger partial charge in [-0.3, -0.25) is 0 Å². The fraction of sp³-hybridized carbons (Fsp3) is 0.438. The maximum absolute atomic E-state index is 5.99. The Hall–Kier alpha value is -1.97. The quantitative estimate of drug-likeness (QED) is 0.924. The minimum Gasteiger partial charge on any atom is -0.496 e. The molecule has 1 atom stereocenters. The molecule has 4 nitrogen and oxygen atoms in total. The summed E-state index contributed by atoms with van der Waals surface area (Å²) in [6.07, 6.45) is 1.12. The number of benzene rings is 1. The highest BCUT2D eigenvalue weighted by molar-refractivity contribution is 5.77. The molecule has 3 rings (SSSR count). The second kappa shape index (κ2) is 4.27. The maximum Gasteiger partial charge on any atom is 0.230 e. The Labute approximate surface area is 118 Å². The second-order valence-electron chi connectivity index (χ2n) is 6.24. The maximum atomic E-state index is 5.99. The molecule has 1 aliphatic rings. The predicted molar refractivity (Wildman–Crippen MR) is 78.8 cm³/mol. The van der Waals surface area contributed by atoms with E-state index in [4.69, 9.17) is 15.0 Å². The van der Waals surface area contributed by atoms with E-state index in [9.17, 15) is 0 Å². The molecule has 1 aliphatic carbocycles. The summed E-state index contributed by atoms with van der Waals surface area (Å²) < 4.78 is 10.6. The topological polar surface area (TPSA) is 61.3 Å². The first-order valence-corrected chi connectivity index (χ1v) is 6.84. The van der Waals surface area contributed by atoms with E-state index in [1.54, 1.807) is 7.11 Å².